The molecule has 0 aliphatic rings. The fourth-order valence-corrected chi connectivity index (χ4v) is 9.07. The summed E-state index contributed by atoms with van der Waals surface area (Å²) in [6, 6.07) is 81.5. The average Bonchev–Trinajstić information content (AvgIpc) is 3.69. The van der Waals surface area contributed by atoms with Gasteiger partial charge in [0.2, 0.25) is 0 Å². The van der Waals surface area contributed by atoms with Gasteiger partial charge in [-0.1, -0.05) is 182 Å². The van der Waals surface area contributed by atoms with Gasteiger partial charge in [0.25, 0.3) is 0 Å². The van der Waals surface area contributed by atoms with E-state index in [4.69, 9.17) is 15.0 Å². The van der Waals surface area contributed by atoms with Crippen LogP contribution >= 0.6 is 0 Å². The standard InChI is InChI=1S/C59H38N4/c1-5-15-39(16-6-1)40-25-29-42(30-26-40)54-38-55(62-59(61-54)45-19-9-3-10-20-45)43-31-27-41(28-32-43)46-33-34-53-50(35-46)49-37-57-51(36-52(49)58(60-53)44-17-7-2-8-18-44)48-23-13-14-24-56(48)63(57)47-21-11-4-12-22-47/h1-38H. The number of pyridine rings is 1. The van der Waals surface area contributed by atoms with E-state index in [1.807, 2.05) is 24.3 Å². The molecule has 12 aromatic rings. The maximum Gasteiger partial charge on any atom is 0.160 e. The monoisotopic (exact) mass is 802 g/mol. The first-order valence-corrected chi connectivity index (χ1v) is 21.3. The van der Waals surface area contributed by atoms with Crippen LogP contribution in [0.5, 0.6) is 0 Å². The van der Waals surface area contributed by atoms with E-state index in [9.17, 15) is 0 Å². The predicted octanol–water partition coefficient (Wildman–Crippen LogP) is 15.3. The van der Waals surface area contributed by atoms with Crippen LogP contribution in [0.25, 0.3) is 117 Å². The molecule has 4 nitrogen and oxygen atoms in total. The number of rotatable bonds is 7. The summed E-state index contributed by atoms with van der Waals surface area (Å²) in [7, 11) is 0. The van der Waals surface area contributed by atoms with E-state index in [1.165, 1.54) is 38.3 Å². The molecular weight excluding hydrogens is 765 g/mol. The summed E-state index contributed by atoms with van der Waals surface area (Å²) in [4.78, 5) is 15.6. The first-order valence-electron chi connectivity index (χ1n) is 21.3. The number of benzene rings is 9. The Balaban J connectivity index is 0.984. The smallest absolute Gasteiger partial charge is 0.160 e. The zero-order chi connectivity index (χ0) is 41.7. The summed E-state index contributed by atoms with van der Waals surface area (Å²) in [6.07, 6.45) is 0. The Morgan fingerprint density at radius 1 is 0.270 bits per heavy atom. The van der Waals surface area contributed by atoms with Crippen molar-refractivity contribution >= 4 is 43.5 Å². The highest BCUT2D eigenvalue weighted by Crippen LogP contribution is 2.41. The van der Waals surface area contributed by atoms with Crippen molar-refractivity contribution in [2.75, 3.05) is 0 Å². The number of hydrogen-bond donors (Lipinski definition) is 0. The molecule has 0 amide bonds. The quantitative estimate of drug-likeness (QED) is 0.151. The average molecular weight is 803 g/mol. The van der Waals surface area contributed by atoms with E-state index in [2.05, 4.69) is 211 Å². The van der Waals surface area contributed by atoms with Crippen LogP contribution in [0.15, 0.2) is 231 Å². The molecule has 9 aromatic carbocycles. The van der Waals surface area contributed by atoms with Crippen molar-refractivity contribution in [3.8, 4) is 73.1 Å². The minimum atomic E-state index is 0.698. The topological polar surface area (TPSA) is 43.6 Å². The van der Waals surface area contributed by atoms with E-state index in [0.29, 0.717) is 5.82 Å². The fourth-order valence-electron chi connectivity index (χ4n) is 9.07. The predicted molar refractivity (Wildman–Crippen MR) is 262 cm³/mol. The zero-order valence-corrected chi connectivity index (χ0v) is 34.2. The summed E-state index contributed by atoms with van der Waals surface area (Å²) < 4.78 is 2.39. The van der Waals surface area contributed by atoms with Crippen molar-refractivity contribution < 1.29 is 0 Å². The summed E-state index contributed by atoms with van der Waals surface area (Å²) in [6.45, 7) is 0. The molecule has 3 aromatic heterocycles. The molecule has 0 fully saturated rings. The Morgan fingerprint density at radius 3 is 1.43 bits per heavy atom. The Morgan fingerprint density at radius 2 is 0.778 bits per heavy atom. The number of nitrogens with zero attached hydrogens (tertiary/aromatic N) is 4. The second-order valence-electron chi connectivity index (χ2n) is 16.0. The van der Waals surface area contributed by atoms with Crippen LogP contribution < -0.4 is 0 Å². The molecule has 0 saturated heterocycles. The molecule has 4 heteroatoms. The minimum absolute atomic E-state index is 0.698. The van der Waals surface area contributed by atoms with Crippen molar-refractivity contribution in [2.45, 2.75) is 0 Å². The van der Waals surface area contributed by atoms with E-state index < -0.39 is 0 Å². The summed E-state index contributed by atoms with van der Waals surface area (Å²) in [5, 5.41) is 5.85. The Hall–Kier alpha value is -8.47. The summed E-state index contributed by atoms with van der Waals surface area (Å²) in [5.41, 5.74) is 15.9. The molecule has 0 bridgehead atoms. The van der Waals surface area contributed by atoms with Gasteiger partial charge in [-0.25, -0.2) is 15.0 Å². The zero-order valence-electron chi connectivity index (χ0n) is 34.2. The molecule has 0 unspecified atom stereocenters. The van der Waals surface area contributed by atoms with Gasteiger partial charge in [-0.3, -0.25) is 0 Å². The van der Waals surface area contributed by atoms with Gasteiger partial charge in [-0.05, 0) is 76.2 Å². The molecule has 0 saturated carbocycles. The number of para-hydroxylation sites is 2. The molecule has 0 aliphatic carbocycles. The van der Waals surface area contributed by atoms with Crippen LogP contribution in [0.2, 0.25) is 0 Å². The van der Waals surface area contributed by atoms with Crippen LogP contribution in [0.3, 0.4) is 0 Å². The van der Waals surface area contributed by atoms with Crippen molar-refractivity contribution in [1.29, 1.82) is 0 Å². The van der Waals surface area contributed by atoms with Crippen molar-refractivity contribution in [3.63, 3.8) is 0 Å². The summed E-state index contributed by atoms with van der Waals surface area (Å²) in [5.74, 6) is 0.698. The second-order valence-corrected chi connectivity index (χ2v) is 16.0. The molecule has 0 atom stereocenters. The number of hydrogen-bond acceptors (Lipinski definition) is 3. The third kappa shape index (κ3) is 6.53. The Labute approximate surface area is 365 Å². The third-order valence-electron chi connectivity index (χ3n) is 12.2. The van der Waals surface area contributed by atoms with Gasteiger partial charge in [0.05, 0.1) is 33.6 Å². The molecule has 0 radical (unpaired) electrons. The number of fused-ring (bicyclic) bond motifs is 6. The fraction of sp³-hybridized carbons (Fsp3) is 0. The van der Waals surface area contributed by atoms with Gasteiger partial charge in [-0.15, -0.1) is 0 Å². The number of aromatic nitrogens is 4. The first-order chi connectivity index (χ1) is 31.2. The van der Waals surface area contributed by atoms with Crippen molar-refractivity contribution in [3.05, 3.63) is 231 Å². The van der Waals surface area contributed by atoms with Crippen molar-refractivity contribution in [2.24, 2.45) is 0 Å². The van der Waals surface area contributed by atoms with Crippen LogP contribution in [-0.2, 0) is 0 Å². The van der Waals surface area contributed by atoms with Gasteiger partial charge < -0.3 is 4.57 Å². The van der Waals surface area contributed by atoms with Crippen LogP contribution in [0.1, 0.15) is 0 Å². The van der Waals surface area contributed by atoms with Gasteiger partial charge in [-0.2, -0.15) is 0 Å². The lowest BCUT2D eigenvalue weighted by molar-refractivity contribution is 1.18. The molecule has 0 N–H and O–H groups in total. The lowest BCUT2D eigenvalue weighted by Gasteiger charge is -2.14. The van der Waals surface area contributed by atoms with Crippen LogP contribution in [0, 0.1) is 0 Å². The van der Waals surface area contributed by atoms with E-state index in [0.717, 1.165) is 72.4 Å². The van der Waals surface area contributed by atoms with Gasteiger partial charge in [0.1, 0.15) is 0 Å². The molecule has 12 rings (SSSR count). The molecule has 63 heavy (non-hydrogen) atoms. The lowest BCUT2D eigenvalue weighted by Crippen LogP contribution is -1.96. The van der Waals surface area contributed by atoms with Crippen molar-refractivity contribution in [1.82, 2.24) is 19.5 Å². The maximum absolute atomic E-state index is 5.38. The Kier molecular flexibility index (Phi) is 8.79. The largest absolute Gasteiger partial charge is 0.309 e. The highest BCUT2D eigenvalue weighted by atomic mass is 15.0. The third-order valence-corrected chi connectivity index (χ3v) is 12.2. The SMILES string of the molecule is c1ccc(-c2ccc(-c3cc(-c4ccc(-c5ccc6nc(-c7ccccc7)c7cc8c9ccccc9n(-c9ccccc9)c8cc7c6c5)cc4)nc(-c4ccccc4)n3)cc2)cc1. The van der Waals surface area contributed by atoms with Gasteiger partial charge >= 0.3 is 0 Å². The second kappa shape index (κ2) is 15.2. The van der Waals surface area contributed by atoms with E-state index >= 15 is 0 Å². The van der Waals surface area contributed by atoms with Crippen LogP contribution in [0.4, 0.5) is 0 Å². The first kappa shape index (κ1) is 36.4. The molecule has 0 spiro atoms. The minimum Gasteiger partial charge on any atom is -0.309 e. The lowest BCUT2D eigenvalue weighted by atomic mass is 9.95. The molecule has 294 valence electrons. The Bertz CT molecular complexity index is 3620. The van der Waals surface area contributed by atoms with Gasteiger partial charge in [0.15, 0.2) is 5.82 Å². The highest BCUT2D eigenvalue weighted by molar-refractivity contribution is 6.20. The van der Waals surface area contributed by atoms with E-state index in [-0.39, 0.29) is 0 Å². The molecule has 3 heterocycles. The van der Waals surface area contributed by atoms with Crippen LogP contribution in [-0.4, -0.2) is 19.5 Å². The summed E-state index contributed by atoms with van der Waals surface area (Å²) >= 11 is 0. The molecule has 0 aliphatic heterocycles. The van der Waals surface area contributed by atoms with E-state index in [1.54, 1.807) is 0 Å². The maximum atomic E-state index is 5.38. The van der Waals surface area contributed by atoms with Gasteiger partial charge in [0, 0.05) is 49.5 Å². The molecular formula is C59H38N4. The highest BCUT2D eigenvalue weighted by Gasteiger charge is 2.18. The normalized spacial score (nSPS) is 11.5.